The molecular formula is C15H20ClN3O2. The molecule has 1 aliphatic rings. The lowest BCUT2D eigenvalue weighted by atomic mass is 10.1. The zero-order chi connectivity index (χ0) is 15.2. The predicted octanol–water partition coefficient (Wildman–Crippen LogP) is 1.06. The van der Waals surface area contributed by atoms with Gasteiger partial charge >= 0.3 is 0 Å². The van der Waals surface area contributed by atoms with Crippen molar-refractivity contribution < 1.29 is 9.59 Å². The highest BCUT2D eigenvalue weighted by atomic mass is 35.5. The minimum Gasteiger partial charge on any atom is -0.369 e. The maximum absolute atomic E-state index is 12.5. The molecule has 1 aliphatic heterocycles. The molecule has 1 saturated heterocycles. The number of hydrogen-bond donors (Lipinski definition) is 1. The maximum Gasteiger partial charge on any atom is 0.253 e. The van der Waals surface area contributed by atoms with Crippen molar-refractivity contribution in [3.63, 3.8) is 0 Å². The highest BCUT2D eigenvalue weighted by molar-refractivity contribution is 6.17. The standard InChI is InChI=1S/C15H20ClN3O2/c16-10-12-3-1-4-13(9-12)15(21)19-6-2-5-18(7-8-19)11-14(17)20/h1,3-4,9H,2,5-8,10-11H2,(H2,17,20). The first-order chi connectivity index (χ1) is 10.1. The number of hydrogen-bond acceptors (Lipinski definition) is 3. The topological polar surface area (TPSA) is 66.6 Å². The first-order valence-corrected chi connectivity index (χ1v) is 7.58. The highest BCUT2D eigenvalue weighted by Gasteiger charge is 2.21. The van der Waals surface area contributed by atoms with Gasteiger partial charge in [0.1, 0.15) is 0 Å². The van der Waals surface area contributed by atoms with E-state index in [1.54, 1.807) is 0 Å². The average Bonchev–Trinajstić information content (AvgIpc) is 2.71. The van der Waals surface area contributed by atoms with Crippen LogP contribution in [0.1, 0.15) is 22.3 Å². The first-order valence-electron chi connectivity index (χ1n) is 7.05. The summed E-state index contributed by atoms with van der Waals surface area (Å²) in [5, 5.41) is 0. The van der Waals surface area contributed by atoms with Crippen molar-refractivity contribution >= 4 is 23.4 Å². The van der Waals surface area contributed by atoms with Gasteiger partial charge < -0.3 is 10.6 Å². The molecule has 1 heterocycles. The molecule has 0 radical (unpaired) electrons. The second-order valence-electron chi connectivity index (χ2n) is 5.22. The summed E-state index contributed by atoms with van der Waals surface area (Å²) in [6, 6.07) is 7.40. The summed E-state index contributed by atoms with van der Waals surface area (Å²) in [7, 11) is 0. The number of nitrogens with zero attached hydrogens (tertiary/aromatic N) is 2. The van der Waals surface area contributed by atoms with E-state index in [0.29, 0.717) is 31.1 Å². The van der Waals surface area contributed by atoms with E-state index in [2.05, 4.69) is 0 Å². The van der Waals surface area contributed by atoms with Crippen LogP contribution in [0.2, 0.25) is 0 Å². The van der Waals surface area contributed by atoms with Gasteiger partial charge in [-0.1, -0.05) is 12.1 Å². The molecule has 6 heteroatoms. The van der Waals surface area contributed by atoms with Crippen molar-refractivity contribution in [2.75, 3.05) is 32.7 Å². The molecule has 5 nitrogen and oxygen atoms in total. The maximum atomic E-state index is 12.5. The van der Waals surface area contributed by atoms with Gasteiger partial charge in [0.2, 0.25) is 5.91 Å². The van der Waals surface area contributed by atoms with Crippen LogP contribution in [-0.2, 0) is 10.7 Å². The third-order valence-corrected chi connectivity index (χ3v) is 3.89. The van der Waals surface area contributed by atoms with E-state index in [0.717, 1.165) is 18.5 Å². The Morgan fingerprint density at radius 3 is 2.71 bits per heavy atom. The van der Waals surface area contributed by atoms with E-state index in [4.69, 9.17) is 17.3 Å². The lowest BCUT2D eigenvalue weighted by molar-refractivity contribution is -0.119. The van der Waals surface area contributed by atoms with Crippen LogP contribution in [0.4, 0.5) is 0 Å². The van der Waals surface area contributed by atoms with Gasteiger partial charge in [-0.15, -0.1) is 11.6 Å². The molecule has 21 heavy (non-hydrogen) atoms. The molecule has 0 aromatic heterocycles. The van der Waals surface area contributed by atoms with Gasteiger partial charge in [-0.2, -0.15) is 0 Å². The normalized spacial score (nSPS) is 16.5. The lowest BCUT2D eigenvalue weighted by Crippen LogP contribution is -2.38. The number of nitrogens with two attached hydrogens (primary N) is 1. The summed E-state index contributed by atoms with van der Waals surface area (Å²) in [4.78, 5) is 27.3. The summed E-state index contributed by atoms with van der Waals surface area (Å²) >= 11 is 5.81. The van der Waals surface area contributed by atoms with Crippen LogP contribution < -0.4 is 5.73 Å². The van der Waals surface area contributed by atoms with E-state index in [1.807, 2.05) is 34.1 Å². The fourth-order valence-corrected chi connectivity index (χ4v) is 2.69. The summed E-state index contributed by atoms with van der Waals surface area (Å²) in [5.74, 6) is 0.0838. The molecule has 0 unspecified atom stereocenters. The van der Waals surface area contributed by atoms with E-state index < -0.39 is 0 Å². The molecule has 1 fully saturated rings. The van der Waals surface area contributed by atoms with E-state index in [9.17, 15) is 9.59 Å². The predicted molar refractivity (Wildman–Crippen MR) is 82.2 cm³/mol. The van der Waals surface area contributed by atoms with Crippen LogP contribution in [-0.4, -0.2) is 54.3 Å². The van der Waals surface area contributed by atoms with Gasteiger partial charge in [-0.25, -0.2) is 0 Å². The van der Waals surface area contributed by atoms with E-state index >= 15 is 0 Å². The van der Waals surface area contributed by atoms with Gasteiger partial charge in [0.25, 0.3) is 5.91 Å². The Labute approximate surface area is 129 Å². The van der Waals surface area contributed by atoms with Crippen molar-refractivity contribution in [2.24, 2.45) is 5.73 Å². The third-order valence-electron chi connectivity index (χ3n) is 3.58. The lowest BCUT2D eigenvalue weighted by Gasteiger charge is -2.21. The van der Waals surface area contributed by atoms with Crippen LogP contribution in [0, 0.1) is 0 Å². The number of primary amides is 1. The zero-order valence-corrected chi connectivity index (χ0v) is 12.7. The fourth-order valence-electron chi connectivity index (χ4n) is 2.52. The van der Waals surface area contributed by atoms with Crippen LogP contribution in [0.5, 0.6) is 0 Å². The molecule has 0 saturated carbocycles. The zero-order valence-electron chi connectivity index (χ0n) is 11.9. The summed E-state index contributed by atoms with van der Waals surface area (Å²) in [6.45, 7) is 3.01. The van der Waals surface area contributed by atoms with Gasteiger partial charge in [-0.3, -0.25) is 14.5 Å². The molecule has 2 rings (SSSR count). The van der Waals surface area contributed by atoms with Gasteiger partial charge in [0, 0.05) is 37.6 Å². The molecular weight excluding hydrogens is 290 g/mol. The van der Waals surface area contributed by atoms with Crippen molar-refractivity contribution in [1.29, 1.82) is 0 Å². The van der Waals surface area contributed by atoms with Gasteiger partial charge in [0.15, 0.2) is 0 Å². The van der Waals surface area contributed by atoms with Gasteiger partial charge in [-0.05, 0) is 24.1 Å². The number of rotatable bonds is 4. The quantitative estimate of drug-likeness (QED) is 0.846. The second-order valence-corrected chi connectivity index (χ2v) is 5.49. The van der Waals surface area contributed by atoms with Crippen LogP contribution >= 0.6 is 11.6 Å². The number of amides is 2. The Balaban J connectivity index is 2.01. The number of carbonyl (C=O) groups excluding carboxylic acids is 2. The molecule has 1 aromatic rings. The first kappa shape index (κ1) is 15.8. The Morgan fingerprint density at radius 1 is 1.19 bits per heavy atom. The van der Waals surface area contributed by atoms with Crippen molar-refractivity contribution in [1.82, 2.24) is 9.80 Å². The summed E-state index contributed by atoms with van der Waals surface area (Å²) in [5.41, 5.74) is 6.82. The Bertz CT molecular complexity index is 521. The van der Waals surface area contributed by atoms with E-state index in [1.165, 1.54) is 0 Å². The monoisotopic (exact) mass is 309 g/mol. The Hall–Kier alpha value is -1.59. The van der Waals surface area contributed by atoms with Crippen molar-refractivity contribution in [3.8, 4) is 0 Å². The van der Waals surface area contributed by atoms with Crippen LogP contribution in [0.15, 0.2) is 24.3 Å². The largest absolute Gasteiger partial charge is 0.369 e. The molecule has 2 N–H and O–H groups in total. The smallest absolute Gasteiger partial charge is 0.253 e. The van der Waals surface area contributed by atoms with E-state index in [-0.39, 0.29) is 18.4 Å². The fraction of sp³-hybridized carbons (Fsp3) is 0.467. The van der Waals surface area contributed by atoms with Crippen molar-refractivity contribution in [3.05, 3.63) is 35.4 Å². The van der Waals surface area contributed by atoms with Crippen LogP contribution in [0.3, 0.4) is 0 Å². The second kappa shape index (κ2) is 7.43. The summed E-state index contributed by atoms with van der Waals surface area (Å²) < 4.78 is 0. The molecule has 2 amide bonds. The van der Waals surface area contributed by atoms with Gasteiger partial charge in [0.05, 0.1) is 6.54 Å². The molecule has 0 atom stereocenters. The molecule has 1 aromatic carbocycles. The van der Waals surface area contributed by atoms with Crippen LogP contribution in [0.25, 0.3) is 0 Å². The average molecular weight is 310 g/mol. The number of halogens is 1. The highest BCUT2D eigenvalue weighted by Crippen LogP contribution is 2.12. The Kier molecular flexibility index (Phi) is 5.59. The van der Waals surface area contributed by atoms with Crippen molar-refractivity contribution in [2.45, 2.75) is 12.3 Å². The number of carbonyl (C=O) groups is 2. The third kappa shape index (κ3) is 4.44. The number of alkyl halides is 1. The summed E-state index contributed by atoms with van der Waals surface area (Å²) in [6.07, 6.45) is 0.841. The minimum absolute atomic E-state index is 0.0166. The molecule has 0 bridgehead atoms. The SMILES string of the molecule is NC(=O)CN1CCCN(C(=O)c2cccc(CCl)c2)CC1. The molecule has 0 spiro atoms. The minimum atomic E-state index is -0.329. The Morgan fingerprint density at radius 2 is 2.00 bits per heavy atom. The molecule has 114 valence electrons. The number of benzene rings is 1. The molecule has 0 aliphatic carbocycles.